The smallest absolute Gasteiger partial charge is 0.0848 e. The van der Waals surface area contributed by atoms with Crippen LogP contribution in [-0.4, -0.2) is 16.3 Å². The van der Waals surface area contributed by atoms with E-state index in [1.807, 2.05) is 29.1 Å². The van der Waals surface area contributed by atoms with E-state index in [9.17, 15) is 0 Å². The monoisotopic (exact) mass is 179 g/mol. The summed E-state index contributed by atoms with van der Waals surface area (Å²) in [5.41, 5.74) is 6.32. The molecular formula is C10H17N3. The largest absolute Gasteiger partial charge is 0.327 e. The van der Waals surface area contributed by atoms with Crippen LogP contribution in [0.4, 0.5) is 0 Å². The first-order valence-corrected chi connectivity index (χ1v) is 4.62. The molecule has 1 aromatic rings. The molecule has 3 heteroatoms. The van der Waals surface area contributed by atoms with E-state index in [4.69, 9.17) is 5.73 Å². The number of nitrogens with zero attached hydrogens (tertiary/aromatic N) is 2. The molecule has 0 aromatic carbocycles. The maximum Gasteiger partial charge on any atom is 0.0848 e. The Hall–Kier alpha value is -1.09. The van der Waals surface area contributed by atoms with E-state index in [2.05, 4.69) is 18.9 Å². The molecule has 1 aromatic heterocycles. The van der Waals surface area contributed by atoms with Crippen molar-refractivity contribution in [3.8, 4) is 0 Å². The topological polar surface area (TPSA) is 43.8 Å². The SMILES string of the molecule is CC(C)Cn1ccc(/C=C/CN)n1. The number of hydrogen-bond donors (Lipinski definition) is 1. The predicted molar refractivity (Wildman–Crippen MR) is 55.2 cm³/mol. The van der Waals surface area contributed by atoms with Crippen molar-refractivity contribution >= 4 is 6.08 Å². The van der Waals surface area contributed by atoms with Crippen molar-refractivity contribution in [2.45, 2.75) is 20.4 Å². The standard InChI is InChI=1S/C10H17N3/c1-9(2)8-13-7-5-10(12-13)4-3-6-11/h3-5,7,9H,6,8,11H2,1-2H3/b4-3+. The van der Waals surface area contributed by atoms with Crippen LogP contribution in [0.15, 0.2) is 18.3 Å². The van der Waals surface area contributed by atoms with Crippen LogP contribution in [-0.2, 0) is 6.54 Å². The third-order valence-corrected chi connectivity index (χ3v) is 1.64. The van der Waals surface area contributed by atoms with E-state index in [0.29, 0.717) is 12.5 Å². The first-order chi connectivity index (χ1) is 6.22. The molecule has 0 aliphatic rings. The fourth-order valence-corrected chi connectivity index (χ4v) is 1.13. The summed E-state index contributed by atoms with van der Waals surface area (Å²) in [5.74, 6) is 0.631. The molecule has 0 spiro atoms. The lowest BCUT2D eigenvalue weighted by Crippen LogP contribution is -2.04. The first-order valence-electron chi connectivity index (χ1n) is 4.62. The van der Waals surface area contributed by atoms with Gasteiger partial charge >= 0.3 is 0 Å². The normalized spacial score (nSPS) is 11.7. The van der Waals surface area contributed by atoms with Crippen molar-refractivity contribution in [2.24, 2.45) is 11.7 Å². The average Bonchev–Trinajstić information content (AvgIpc) is 2.48. The van der Waals surface area contributed by atoms with Crippen molar-refractivity contribution in [2.75, 3.05) is 6.54 Å². The zero-order valence-electron chi connectivity index (χ0n) is 8.27. The number of rotatable bonds is 4. The van der Waals surface area contributed by atoms with Gasteiger partial charge in [0.1, 0.15) is 0 Å². The second-order valence-electron chi connectivity index (χ2n) is 3.49. The lowest BCUT2D eigenvalue weighted by atomic mass is 10.2. The van der Waals surface area contributed by atoms with E-state index < -0.39 is 0 Å². The van der Waals surface area contributed by atoms with Crippen molar-refractivity contribution in [1.82, 2.24) is 9.78 Å². The van der Waals surface area contributed by atoms with Crippen molar-refractivity contribution < 1.29 is 0 Å². The minimum absolute atomic E-state index is 0.567. The number of nitrogens with two attached hydrogens (primary N) is 1. The van der Waals surface area contributed by atoms with E-state index in [0.717, 1.165) is 12.2 Å². The summed E-state index contributed by atoms with van der Waals surface area (Å²) in [5, 5.41) is 4.36. The molecule has 2 N–H and O–H groups in total. The fraction of sp³-hybridized carbons (Fsp3) is 0.500. The van der Waals surface area contributed by atoms with Gasteiger partial charge in [-0.05, 0) is 18.1 Å². The summed E-state index contributed by atoms with van der Waals surface area (Å²) in [6, 6.07) is 1.99. The molecule has 0 saturated carbocycles. The van der Waals surface area contributed by atoms with Crippen LogP contribution in [0.3, 0.4) is 0 Å². The molecule has 72 valence electrons. The molecule has 0 bridgehead atoms. The van der Waals surface area contributed by atoms with Gasteiger partial charge in [-0.3, -0.25) is 4.68 Å². The molecule has 1 heterocycles. The van der Waals surface area contributed by atoms with Gasteiger partial charge < -0.3 is 5.73 Å². The zero-order valence-corrected chi connectivity index (χ0v) is 8.27. The summed E-state index contributed by atoms with van der Waals surface area (Å²) in [4.78, 5) is 0. The Kier molecular flexibility index (Phi) is 3.71. The first kappa shape index (κ1) is 9.99. The van der Waals surface area contributed by atoms with Crippen LogP contribution in [0.2, 0.25) is 0 Å². The van der Waals surface area contributed by atoms with Gasteiger partial charge in [-0.15, -0.1) is 0 Å². The summed E-state index contributed by atoms with van der Waals surface area (Å²) >= 11 is 0. The molecular weight excluding hydrogens is 162 g/mol. The Balaban J connectivity index is 2.58. The molecule has 0 atom stereocenters. The maximum atomic E-state index is 5.34. The van der Waals surface area contributed by atoms with Crippen LogP contribution in [0.1, 0.15) is 19.5 Å². The van der Waals surface area contributed by atoms with E-state index in [1.165, 1.54) is 0 Å². The van der Waals surface area contributed by atoms with Crippen molar-refractivity contribution in [1.29, 1.82) is 0 Å². The zero-order chi connectivity index (χ0) is 9.68. The molecule has 0 unspecified atom stereocenters. The maximum absolute atomic E-state index is 5.34. The van der Waals surface area contributed by atoms with Gasteiger partial charge in [0.15, 0.2) is 0 Å². The van der Waals surface area contributed by atoms with Crippen molar-refractivity contribution in [3.05, 3.63) is 24.0 Å². The highest BCUT2D eigenvalue weighted by atomic mass is 15.3. The van der Waals surface area contributed by atoms with E-state index >= 15 is 0 Å². The van der Waals surface area contributed by atoms with Crippen LogP contribution >= 0.6 is 0 Å². The minimum Gasteiger partial charge on any atom is -0.327 e. The van der Waals surface area contributed by atoms with Crippen LogP contribution in [0.25, 0.3) is 6.08 Å². The Bertz CT molecular complexity index is 273. The highest BCUT2D eigenvalue weighted by Crippen LogP contribution is 2.01. The third-order valence-electron chi connectivity index (χ3n) is 1.64. The van der Waals surface area contributed by atoms with Crippen LogP contribution in [0.5, 0.6) is 0 Å². The lowest BCUT2D eigenvalue weighted by Gasteiger charge is -2.03. The minimum atomic E-state index is 0.567. The van der Waals surface area contributed by atoms with Crippen LogP contribution in [0, 0.1) is 5.92 Å². The Morgan fingerprint density at radius 1 is 1.62 bits per heavy atom. The Morgan fingerprint density at radius 3 is 3.00 bits per heavy atom. The van der Waals surface area contributed by atoms with E-state index in [1.54, 1.807) is 0 Å². The van der Waals surface area contributed by atoms with Gasteiger partial charge in [0.25, 0.3) is 0 Å². The van der Waals surface area contributed by atoms with E-state index in [-0.39, 0.29) is 0 Å². The Morgan fingerprint density at radius 2 is 2.38 bits per heavy atom. The molecule has 1 rings (SSSR count). The quantitative estimate of drug-likeness (QED) is 0.761. The van der Waals surface area contributed by atoms with Gasteiger partial charge in [-0.2, -0.15) is 5.10 Å². The molecule has 0 aliphatic carbocycles. The predicted octanol–water partition coefficient (Wildman–Crippen LogP) is 1.51. The van der Waals surface area contributed by atoms with Crippen molar-refractivity contribution in [3.63, 3.8) is 0 Å². The molecule has 3 nitrogen and oxygen atoms in total. The fourth-order valence-electron chi connectivity index (χ4n) is 1.13. The van der Waals surface area contributed by atoms with Gasteiger partial charge in [-0.25, -0.2) is 0 Å². The number of aromatic nitrogens is 2. The third kappa shape index (κ3) is 3.42. The summed E-state index contributed by atoms with van der Waals surface area (Å²) in [7, 11) is 0. The Labute approximate surface area is 79.2 Å². The summed E-state index contributed by atoms with van der Waals surface area (Å²) in [6.45, 7) is 5.89. The number of hydrogen-bond acceptors (Lipinski definition) is 2. The summed E-state index contributed by atoms with van der Waals surface area (Å²) < 4.78 is 1.96. The second-order valence-corrected chi connectivity index (χ2v) is 3.49. The van der Waals surface area contributed by atoms with Gasteiger partial charge in [0, 0.05) is 19.3 Å². The average molecular weight is 179 g/mol. The highest BCUT2D eigenvalue weighted by molar-refractivity contribution is 5.43. The van der Waals surface area contributed by atoms with Gasteiger partial charge in [-0.1, -0.05) is 19.9 Å². The second kappa shape index (κ2) is 4.82. The lowest BCUT2D eigenvalue weighted by molar-refractivity contribution is 0.482. The van der Waals surface area contributed by atoms with Gasteiger partial charge in [0.05, 0.1) is 5.69 Å². The molecule has 0 saturated heterocycles. The molecule has 0 radical (unpaired) electrons. The summed E-state index contributed by atoms with van der Waals surface area (Å²) in [6.07, 6.45) is 5.84. The van der Waals surface area contributed by atoms with Gasteiger partial charge in [0.2, 0.25) is 0 Å². The molecule has 0 aliphatic heterocycles. The highest BCUT2D eigenvalue weighted by Gasteiger charge is 1.97. The molecule has 0 fully saturated rings. The molecule has 0 amide bonds. The van der Waals surface area contributed by atoms with Crippen LogP contribution < -0.4 is 5.73 Å². The molecule has 13 heavy (non-hydrogen) atoms.